The maximum absolute atomic E-state index is 5.31. The fraction of sp³-hybridized carbons (Fsp3) is 0.714. The second kappa shape index (κ2) is 2.99. The zero-order valence-corrected chi connectivity index (χ0v) is 5.84. The highest BCUT2D eigenvalue weighted by molar-refractivity contribution is 4.83. The predicted molar refractivity (Wildman–Crippen MR) is 37.2 cm³/mol. The summed E-state index contributed by atoms with van der Waals surface area (Å²) in [7, 11) is 0. The van der Waals surface area contributed by atoms with E-state index in [1.54, 1.807) is 0 Å². The van der Waals surface area contributed by atoms with E-state index < -0.39 is 0 Å². The predicted octanol–water partition coefficient (Wildman–Crippen LogP) is 0.851. The first-order chi connectivity index (χ1) is 4.38. The first kappa shape index (κ1) is 6.78. The molecule has 0 spiro atoms. The van der Waals surface area contributed by atoms with Crippen LogP contribution in [0.3, 0.4) is 0 Å². The Morgan fingerprint density at radius 1 is 1.89 bits per heavy atom. The van der Waals surface area contributed by atoms with Crippen molar-refractivity contribution in [2.24, 2.45) is 0 Å². The van der Waals surface area contributed by atoms with Gasteiger partial charge >= 0.3 is 0 Å². The first-order valence-corrected chi connectivity index (χ1v) is 3.36. The normalized spacial score (nSPS) is 28.8. The monoisotopic (exact) mass is 127 g/mol. The second-order valence-corrected chi connectivity index (χ2v) is 2.13. The summed E-state index contributed by atoms with van der Waals surface area (Å²) in [4.78, 5) is 2.24. The molecule has 1 aliphatic heterocycles. The lowest BCUT2D eigenvalue weighted by molar-refractivity contribution is 0.0767. The Morgan fingerprint density at radius 3 is 3.11 bits per heavy atom. The molecule has 0 aromatic carbocycles. The molecule has 9 heavy (non-hydrogen) atoms. The Labute approximate surface area is 56.1 Å². The van der Waals surface area contributed by atoms with Crippen LogP contribution in [0.1, 0.15) is 6.92 Å². The van der Waals surface area contributed by atoms with Crippen LogP contribution in [0.5, 0.6) is 0 Å². The van der Waals surface area contributed by atoms with Gasteiger partial charge in [0.25, 0.3) is 0 Å². The van der Waals surface area contributed by atoms with E-state index in [1.807, 2.05) is 6.08 Å². The largest absolute Gasteiger partial charge is 0.358 e. The molecule has 0 aromatic rings. The summed E-state index contributed by atoms with van der Waals surface area (Å²) in [5.41, 5.74) is 0. The van der Waals surface area contributed by atoms with Crippen LogP contribution in [-0.4, -0.2) is 30.8 Å². The molecule has 1 fully saturated rings. The minimum Gasteiger partial charge on any atom is -0.358 e. The van der Waals surface area contributed by atoms with E-state index in [0.717, 1.165) is 19.7 Å². The summed E-state index contributed by atoms with van der Waals surface area (Å²) in [6.07, 6.45) is 2.02. The molecule has 2 heteroatoms. The fourth-order valence-electron chi connectivity index (χ4n) is 1.08. The van der Waals surface area contributed by atoms with Crippen molar-refractivity contribution < 1.29 is 4.74 Å². The van der Waals surface area contributed by atoms with Gasteiger partial charge in [0, 0.05) is 6.54 Å². The summed E-state index contributed by atoms with van der Waals surface area (Å²) < 4.78 is 5.31. The van der Waals surface area contributed by atoms with Gasteiger partial charge in [-0.15, -0.1) is 0 Å². The number of likely N-dealkylation sites (N-methyl/N-ethyl adjacent to an activating group) is 1. The summed E-state index contributed by atoms with van der Waals surface area (Å²) in [6.45, 7) is 8.76. The molecule has 52 valence electrons. The van der Waals surface area contributed by atoms with E-state index in [-0.39, 0.29) is 6.23 Å². The van der Waals surface area contributed by atoms with Crippen molar-refractivity contribution in [3.8, 4) is 0 Å². The average Bonchev–Trinajstić information content (AvgIpc) is 2.33. The van der Waals surface area contributed by atoms with Crippen LogP contribution in [0.25, 0.3) is 0 Å². The van der Waals surface area contributed by atoms with Crippen molar-refractivity contribution in [3.05, 3.63) is 12.7 Å². The van der Waals surface area contributed by atoms with Crippen molar-refractivity contribution in [3.63, 3.8) is 0 Å². The Kier molecular flexibility index (Phi) is 2.25. The molecule has 1 aliphatic rings. The molecule has 0 N–H and O–H groups in total. The summed E-state index contributed by atoms with van der Waals surface area (Å²) >= 11 is 0. The Bertz CT molecular complexity index is 103. The summed E-state index contributed by atoms with van der Waals surface area (Å²) in [5.74, 6) is 0. The highest BCUT2D eigenvalue weighted by Gasteiger charge is 2.19. The molecule has 0 radical (unpaired) electrons. The highest BCUT2D eigenvalue weighted by Crippen LogP contribution is 2.08. The molecule has 1 saturated heterocycles. The Morgan fingerprint density at radius 2 is 2.67 bits per heavy atom. The number of nitrogens with zero attached hydrogens (tertiary/aromatic N) is 1. The quantitative estimate of drug-likeness (QED) is 0.510. The zero-order valence-electron chi connectivity index (χ0n) is 5.84. The minimum atomic E-state index is 0.176. The lowest BCUT2D eigenvalue weighted by Crippen LogP contribution is -2.27. The standard InChI is InChI=1S/C7H13NO/c1-3-7-8(4-2)5-6-9-7/h3,7H,1,4-6H2,2H3. The van der Waals surface area contributed by atoms with Gasteiger partial charge in [-0.3, -0.25) is 4.90 Å². The van der Waals surface area contributed by atoms with Crippen LogP contribution in [-0.2, 0) is 4.74 Å². The van der Waals surface area contributed by atoms with Gasteiger partial charge in [-0.25, -0.2) is 0 Å². The van der Waals surface area contributed by atoms with Gasteiger partial charge in [0.1, 0.15) is 6.23 Å². The van der Waals surface area contributed by atoms with E-state index in [9.17, 15) is 0 Å². The molecule has 0 amide bonds. The molecule has 1 heterocycles. The van der Waals surface area contributed by atoms with Gasteiger partial charge in [0.15, 0.2) is 0 Å². The third-order valence-electron chi connectivity index (χ3n) is 1.63. The molecule has 0 saturated carbocycles. The maximum Gasteiger partial charge on any atom is 0.129 e. The van der Waals surface area contributed by atoms with Crippen molar-refractivity contribution >= 4 is 0 Å². The van der Waals surface area contributed by atoms with E-state index in [1.165, 1.54) is 0 Å². The molecule has 1 unspecified atom stereocenters. The highest BCUT2D eigenvalue weighted by atomic mass is 16.5. The van der Waals surface area contributed by atoms with Crippen molar-refractivity contribution in [1.82, 2.24) is 4.90 Å². The van der Waals surface area contributed by atoms with Gasteiger partial charge in [-0.1, -0.05) is 13.5 Å². The smallest absolute Gasteiger partial charge is 0.129 e. The second-order valence-electron chi connectivity index (χ2n) is 2.13. The van der Waals surface area contributed by atoms with Gasteiger partial charge in [-0.05, 0) is 12.6 Å². The SMILES string of the molecule is C=CC1OCCN1CC. The molecule has 0 bridgehead atoms. The topological polar surface area (TPSA) is 12.5 Å². The van der Waals surface area contributed by atoms with E-state index >= 15 is 0 Å². The number of ether oxygens (including phenoxy) is 1. The van der Waals surface area contributed by atoms with Gasteiger partial charge in [0.2, 0.25) is 0 Å². The zero-order chi connectivity index (χ0) is 6.69. The van der Waals surface area contributed by atoms with Crippen molar-refractivity contribution in [2.45, 2.75) is 13.2 Å². The summed E-state index contributed by atoms with van der Waals surface area (Å²) in [5, 5.41) is 0. The first-order valence-electron chi connectivity index (χ1n) is 3.36. The van der Waals surface area contributed by atoms with Gasteiger partial charge in [0.05, 0.1) is 6.61 Å². The fourth-order valence-corrected chi connectivity index (χ4v) is 1.08. The van der Waals surface area contributed by atoms with Crippen LogP contribution in [0, 0.1) is 0 Å². The summed E-state index contributed by atoms with van der Waals surface area (Å²) in [6, 6.07) is 0. The van der Waals surface area contributed by atoms with Crippen molar-refractivity contribution in [2.75, 3.05) is 19.7 Å². The number of hydrogen-bond acceptors (Lipinski definition) is 2. The molecular weight excluding hydrogens is 114 g/mol. The van der Waals surface area contributed by atoms with Gasteiger partial charge in [-0.2, -0.15) is 0 Å². The van der Waals surface area contributed by atoms with Crippen LogP contribution < -0.4 is 0 Å². The van der Waals surface area contributed by atoms with Gasteiger partial charge < -0.3 is 4.74 Å². The lowest BCUT2D eigenvalue weighted by Gasteiger charge is -2.16. The Balaban J connectivity index is 2.41. The third kappa shape index (κ3) is 1.32. The van der Waals surface area contributed by atoms with Crippen LogP contribution in [0.2, 0.25) is 0 Å². The molecule has 2 nitrogen and oxygen atoms in total. The third-order valence-corrected chi connectivity index (χ3v) is 1.63. The molecule has 0 aromatic heterocycles. The molecule has 1 rings (SSSR count). The Hall–Kier alpha value is -0.340. The van der Waals surface area contributed by atoms with Crippen LogP contribution in [0.15, 0.2) is 12.7 Å². The van der Waals surface area contributed by atoms with E-state index in [0.29, 0.717) is 0 Å². The lowest BCUT2D eigenvalue weighted by atomic mass is 10.4. The molecular formula is C7H13NO. The number of rotatable bonds is 2. The van der Waals surface area contributed by atoms with Crippen LogP contribution >= 0.6 is 0 Å². The maximum atomic E-state index is 5.31. The molecule has 1 atom stereocenters. The molecule has 0 aliphatic carbocycles. The minimum absolute atomic E-state index is 0.176. The number of hydrogen-bond donors (Lipinski definition) is 0. The van der Waals surface area contributed by atoms with Crippen molar-refractivity contribution in [1.29, 1.82) is 0 Å². The average molecular weight is 127 g/mol. The van der Waals surface area contributed by atoms with Crippen LogP contribution in [0.4, 0.5) is 0 Å². The van der Waals surface area contributed by atoms with E-state index in [2.05, 4.69) is 18.4 Å². The van der Waals surface area contributed by atoms with E-state index in [4.69, 9.17) is 4.74 Å².